The monoisotopic (exact) mass is 490 g/mol. The standard InChI is InChI=1S/C29H38N4O3/c1-8-18(4)22-14-24(28(35)30-16-25-19(5)13-20(6)31-29(25)36)21(7)26(15-22)33(10-3)23-11-12-32(17-23)27(34)9-2/h8-9,13-15,23H,2,10-12,16-17H2,1,3-7H3,(H,30,35)(H,31,36)/b18-8+. The van der Waals surface area contributed by atoms with Gasteiger partial charge in [-0.15, -0.1) is 0 Å². The second-order valence-corrected chi connectivity index (χ2v) is 9.48. The number of benzene rings is 1. The van der Waals surface area contributed by atoms with Gasteiger partial charge in [0.05, 0.1) is 0 Å². The van der Waals surface area contributed by atoms with E-state index in [9.17, 15) is 14.4 Å². The number of carbonyl (C=O) groups excluding carboxylic acids is 2. The Morgan fingerprint density at radius 1 is 1.25 bits per heavy atom. The number of allylic oxidation sites excluding steroid dienone is 2. The predicted molar refractivity (Wildman–Crippen MR) is 146 cm³/mol. The highest BCUT2D eigenvalue weighted by atomic mass is 16.2. The van der Waals surface area contributed by atoms with Gasteiger partial charge in [0.2, 0.25) is 5.91 Å². The smallest absolute Gasteiger partial charge is 0.253 e. The van der Waals surface area contributed by atoms with Crippen molar-refractivity contribution in [2.24, 2.45) is 0 Å². The number of rotatable bonds is 8. The summed E-state index contributed by atoms with van der Waals surface area (Å²) in [5.74, 6) is -0.268. The number of likely N-dealkylation sites (tertiary alicyclic amines) is 1. The predicted octanol–water partition coefficient (Wildman–Crippen LogP) is 4.27. The van der Waals surface area contributed by atoms with Crippen LogP contribution in [-0.2, 0) is 11.3 Å². The number of nitrogens with zero attached hydrogens (tertiary/aromatic N) is 2. The topological polar surface area (TPSA) is 85.5 Å². The first-order chi connectivity index (χ1) is 17.1. The van der Waals surface area contributed by atoms with E-state index >= 15 is 0 Å². The fraction of sp³-hybridized carbons (Fsp3) is 0.414. The molecule has 7 nitrogen and oxygen atoms in total. The molecule has 0 spiro atoms. The van der Waals surface area contributed by atoms with Crippen molar-refractivity contribution in [1.29, 1.82) is 0 Å². The lowest BCUT2D eigenvalue weighted by Gasteiger charge is -2.32. The van der Waals surface area contributed by atoms with Crippen LogP contribution in [0.3, 0.4) is 0 Å². The molecule has 1 atom stereocenters. The number of aryl methyl sites for hydroxylation is 2. The molecule has 1 aromatic heterocycles. The molecule has 1 fully saturated rings. The van der Waals surface area contributed by atoms with Gasteiger partial charge in [0, 0.05) is 54.7 Å². The van der Waals surface area contributed by atoms with Crippen LogP contribution in [0.4, 0.5) is 5.69 Å². The third kappa shape index (κ3) is 5.61. The number of hydrogen-bond acceptors (Lipinski definition) is 4. The summed E-state index contributed by atoms with van der Waals surface area (Å²) in [6.07, 6.45) is 4.25. The molecule has 1 aliphatic rings. The van der Waals surface area contributed by atoms with E-state index < -0.39 is 0 Å². The SMILES string of the molecule is C=CC(=O)N1CCC(N(CC)c2cc(/C(C)=C/C)cc(C(=O)NCc3c(C)cc(C)[nH]c3=O)c2C)C1. The van der Waals surface area contributed by atoms with E-state index in [4.69, 9.17) is 0 Å². The Labute approximate surface area is 213 Å². The maximum atomic E-state index is 13.4. The number of aromatic amines is 1. The average molecular weight is 491 g/mol. The van der Waals surface area contributed by atoms with Crippen molar-refractivity contribution < 1.29 is 9.59 Å². The molecule has 36 heavy (non-hydrogen) atoms. The highest BCUT2D eigenvalue weighted by Gasteiger charge is 2.30. The summed E-state index contributed by atoms with van der Waals surface area (Å²) in [4.78, 5) is 45.0. The molecule has 0 saturated carbocycles. The quantitative estimate of drug-likeness (QED) is 0.542. The van der Waals surface area contributed by atoms with Crippen molar-refractivity contribution in [3.63, 3.8) is 0 Å². The number of hydrogen-bond donors (Lipinski definition) is 2. The molecule has 1 aromatic carbocycles. The highest BCUT2D eigenvalue weighted by molar-refractivity contribution is 5.98. The number of pyridine rings is 1. The van der Waals surface area contributed by atoms with E-state index in [0.29, 0.717) is 24.2 Å². The van der Waals surface area contributed by atoms with Crippen molar-refractivity contribution in [3.05, 3.63) is 80.8 Å². The zero-order chi connectivity index (χ0) is 26.6. The zero-order valence-electron chi connectivity index (χ0n) is 22.3. The number of H-pyrrole nitrogens is 1. The molecule has 2 aromatic rings. The Balaban J connectivity index is 1.96. The number of amides is 2. The molecule has 7 heteroatoms. The minimum absolute atomic E-state index is 0.0507. The molecule has 1 saturated heterocycles. The van der Waals surface area contributed by atoms with Crippen LogP contribution < -0.4 is 15.8 Å². The largest absolute Gasteiger partial charge is 0.367 e. The van der Waals surface area contributed by atoms with E-state index in [-0.39, 0.29) is 30.0 Å². The van der Waals surface area contributed by atoms with E-state index in [1.165, 1.54) is 6.08 Å². The first-order valence-electron chi connectivity index (χ1n) is 12.5. The van der Waals surface area contributed by atoms with Crippen molar-refractivity contribution in [2.75, 3.05) is 24.5 Å². The summed E-state index contributed by atoms with van der Waals surface area (Å²) in [5.41, 5.74) is 6.52. The number of aromatic nitrogens is 1. The Kier molecular flexibility index (Phi) is 8.56. The summed E-state index contributed by atoms with van der Waals surface area (Å²) in [5, 5.41) is 2.96. The van der Waals surface area contributed by atoms with E-state index in [1.807, 2.05) is 57.7 Å². The molecular weight excluding hydrogens is 452 g/mol. The second-order valence-electron chi connectivity index (χ2n) is 9.48. The number of carbonyl (C=O) groups is 2. The third-order valence-corrected chi connectivity index (χ3v) is 7.17. The lowest BCUT2D eigenvalue weighted by atomic mass is 9.96. The van der Waals surface area contributed by atoms with Gasteiger partial charge < -0.3 is 20.1 Å². The second kappa shape index (κ2) is 11.4. The molecule has 2 heterocycles. The third-order valence-electron chi connectivity index (χ3n) is 7.17. The van der Waals surface area contributed by atoms with Gasteiger partial charge in [0.15, 0.2) is 0 Å². The van der Waals surface area contributed by atoms with Crippen LogP contribution in [-0.4, -0.2) is 47.4 Å². The van der Waals surface area contributed by atoms with E-state index in [1.54, 1.807) is 0 Å². The normalized spacial score (nSPS) is 15.7. The van der Waals surface area contributed by atoms with E-state index in [2.05, 4.69) is 34.8 Å². The van der Waals surface area contributed by atoms with E-state index in [0.717, 1.165) is 46.6 Å². The Morgan fingerprint density at radius 2 is 1.97 bits per heavy atom. The van der Waals surface area contributed by atoms with Gasteiger partial charge in [-0.05, 0) is 94.5 Å². The van der Waals surface area contributed by atoms with Gasteiger partial charge in [0.25, 0.3) is 11.5 Å². The molecule has 3 rings (SSSR count). The lowest BCUT2D eigenvalue weighted by molar-refractivity contribution is -0.125. The molecule has 0 aliphatic carbocycles. The minimum Gasteiger partial charge on any atom is -0.367 e. The van der Waals surface area contributed by atoms with Crippen LogP contribution in [0.1, 0.15) is 65.5 Å². The van der Waals surface area contributed by atoms with Gasteiger partial charge in [-0.25, -0.2) is 0 Å². The van der Waals surface area contributed by atoms with Crippen LogP contribution in [0.25, 0.3) is 5.57 Å². The van der Waals surface area contributed by atoms with Crippen LogP contribution in [0.15, 0.2) is 41.7 Å². The van der Waals surface area contributed by atoms with Gasteiger partial charge in [-0.3, -0.25) is 14.4 Å². The van der Waals surface area contributed by atoms with Gasteiger partial charge in [-0.2, -0.15) is 0 Å². The fourth-order valence-corrected chi connectivity index (χ4v) is 4.94. The summed E-state index contributed by atoms with van der Waals surface area (Å²) in [6, 6.07) is 6.12. The van der Waals surface area contributed by atoms with Crippen molar-refractivity contribution in [2.45, 2.75) is 60.5 Å². The molecule has 0 radical (unpaired) electrons. The molecule has 0 bridgehead atoms. The van der Waals surface area contributed by atoms with Gasteiger partial charge in [0.1, 0.15) is 0 Å². The summed E-state index contributed by atoms with van der Waals surface area (Å²) < 4.78 is 0. The molecule has 2 amide bonds. The molecule has 192 valence electrons. The Bertz CT molecular complexity index is 1260. The number of nitrogens with one attached hydrogen (secondary N) is 2. The number of likely N-dealkylation sites (N-methyl/N-ethyl adjacent to an activating group) is 1. The summed E-state index contributed by atoms with van der Waals surface area (Å²) in [7, 11) is 0. The van der Waals surface area contributed by atoms with Crippen LogP contribution >= 0.6 is 0 Å². The molecule has 1 unspecified atom stereocenters. The Hall–Kier alpha value is -3.61. The summed E-state index contributed by atoms with van der Waals surface area (Å²) >= 11 is 0. The summed E-state index contributed by atoms with van der Waals surface area (Å²) in [6.45, 7) is 17.6. The maximum Gasteiger partial charge on any atom is 0.253 e. The molecular formula is C29H38N4O3. The first kappa shape index (κ1) is 27.0. The van der Waals surface area contributed by atoms with Crippen LogP contribution in [0.2, 0.25) is 0 Å². The first-order valence-corrected chi connectivity index (χ1v) is 12.5. The van der Waals surface area contributed by atoms with Gasteiger partial charge >= 0.3 is 0 Å². The van der Waals surface area contributed by atoms with Crippen LogP contribution in [0.5, 0.6) is 0 Å². The zero-order valence-corrected chi connectivity index (χ0v) is 22.3. The van der Waals surface area contributed by atoms with Crippen molar-refractivity contribution in [1.82, 2.24) is 15.2 Å². The van der Waals surface area contributed by atoms with Crippen molar-refractivity contribution >= 4 is 23.1 Å². The molecule has 2 N–H and O–H groups in total. The highest BCUT2D eigenvalue weighted by Crippen LogP contribution is 2.32. The Morgan fingerprint density at radius 3 is 2.58 bits per heavy atom. The molecule has 1 aliphatic heterocycles. The maximum absolute atomic E-state index is 13.4. The lowest BCUT2D eigenvalue weighted by Crippen LogP contribution is -2.39. The minimum atomic E-state index is -0.218. The average Bonchev–Trinajstić information content (AvgIpc) is 3.33. The van der Waals surface area contributed by atoms with Crippen molar-refractivity contribution in [3.8, 4) is 0 Å². The van der Waals surface area contributed by atoms with Crippen LogP contribution in [0, 0.1) is 20.8 Å². The fourth-order valence-electron chi connectivity index (χ4n) is 4.94. The number of anilines is 1. The van der Waals surface area contributed by atoms with Gasteiger partial charge in [-0.1, -0.05) is 12.7 Å².